The molecule has 0 spiro atoms. The summed E-state index contributed by atoms with van der Waals surface area (Å²) in [6, 6.07) is 0.175. The summed E-state index contributed by atoms with van der Waals surface area (Å²) in [6.07, 6.45) is 3.17. The molecule has 3 heteroatoms. The first-order valence-corrected chi connectivity index (χ1v) is 5.79. The first-order valence-electron chi connectivity index (χ1n) is 5.79. The molecule has 3 nitrogen and oxygen atoms in total. The van der Waals surface area contributed by atoms with E-state index < -0.39 is 0 Å². The van der Waals surface area contributed by atoms with Crippen molar-refractivity contribution in [3.05, 3.63) is 0 Å². The highest BCUT2D eigenvalue weighted by atomic mass is 16.2. The number of ketones is 1. The average molecular weight is 211 g/mol. The molecule has 86 valence electrons. The van der Waals surface area contributed by atoms with E-state index in [0.717, 1.165) is 19.4 Å². The third-order valence-corrected chi connectivity index (χ3v) is 2.80. The maximum atomic E-state index is 11.9. The summed E-state index contributed by atoms with van der Waals surface area (Å²) in [4.78, 5) is 24.8. The van der Waals surface area contributed by atoms with Gasteiger partial charge in [-0.05, 0) is 25.7 Å². The van der Waals surface area contributed by atoms with E-state index in [1.165, 1.54) is 0 Å². The van der Waals surface area contributed by atoms with Crippen molar-refractivity contribution in [1.82, 2.24) is 4.90 Å². The zero-order valence-electron chi connectivity index (χ0n) is 9.95. The molecule has 0 bridgehead atoms. The van der Waals surface area contributed by atoms with Crippen molar-refractivity contribution >= 4 is 11.7 Å². The molecule has 1 aliphatic rings. The van der Waals surface area contributed by atoms with Crippen LogP contribution in [0.4, 0.5) is 0 Å². The number of hydrogen-bond donors (Lipinski definition) is 0. The maximum Gasteiger partial charge on any atom is 0.223 e. The van der Waals surface area contributed by atoms with Gasteiger partial charge >= 0.3 is 0 Å². The van der Waals surface area contributed by atoms with E-state index in [1.54, 1.807) is 6.92 Å². The Bertz CT molecular complexity index is 248. The number of hydrogen-bond acceptors (Lipinski definition) is 2. The van der Waals surface area contributed by atoms with Gasteiger partial charge in [0.25, 0.3) is 0 Å². The molecule has 1 saturated heterocycles. The lowest BCUT2D eigenvalue weighted by molar-refractivity contribution is -0.133. The van der Waals surface area contributed by atoms with Gasteiger partial charge < -0.3 is 4.90 Å². The molecule has 1 heterocycles. The van der Waals surface area contributed by atoms with E-state index in [0.29, 0.717) is 18.8 Å². The fraction of sp³-hybridized carbons (Fsp3) is 0.833. The molecule has 1 amide bonds. The van der Waals surface area contributed by atoms with Crippen LogP contribution in [0.5, 0.6) is 0 Å². The Morgan fingerprint density at radius 3 is 2.60 bits per heavy atom. The predicted molar refractivity (Wildman–Crippen MR) is 59.5 cm³/mol. The summed E-state index contributed by atoms with van der Waals surface area (Å²) >= 11 is 0. The molecule has 0 aromatic carbocycles. The van der Waals surface area contributed by atoms with Crippen molar-refractivity contribution < 1.29 is 9.59 Å². The van der Waals surface area contributed by atoms with Crippen molar-refractivity contribution in [2.24, 2.45) is 5.92 Å². The van der Waals surface area contributed by atoms with E-state index in [2.05, 4.69) is 0 Å². The molecule has 0 aromatic rings. The van der Waals surface area contributed by atoms with Crippen LogP contribution in [0.15, 0.2) is 0 Å². The van der Waals surface area contributed by atoms with Gasteiger partial charge in [-0.25, -0.2) is 0 Å². The fourth-order valence-electron chi connectivity index (χ4n) is 2.17. The molecular weight excluding hydrogens is 190 g/mol. The Balaban J connectivity index is 2.52. The van der Waals surface area contributed by atoms with Crippen molar-refractivity contribution in [3.8, 4) is 0 Å². The van der Waals surface area contributed by atoms with Crippen LogP contribution in [0.3, 0.4) is 0 Å². The van der Waals surface area contributed by atoms with Crippen molar-refractivity contribution in [2.75, 3.05) is 6.54 Å². The number of nitrogens with zero attached hydrogens (tertiary/aromatic N) is 1. The number of amides is 1. The molecule has 1 unspecified atom stereocenters. The van der Waals surface area contributed by atoms with Crippen LogP contribution in [-0.4, -0.2) is 29.2 Å². The molecular formula is C12H21NO2. The Morgan fingerprint density at radius 2 is 2.07 bits per heavy atom. The number of rotatable bonds is 4. The van der Waals surface area contributed by atoms with Gasteiger partial charge in [0.15, 0.2) is 0 Å². The first kappa shape index (κ1) is 12.2. The lowest BCUT2D eigenvalue weighted by atomic mass is 10.1. The standard InChI is InChI=1S/C12H21NO2/c1-9(2)7-12(15)13-6-4-5-11(13)8-10(3)14/h9,11H,4-8H2,1-3H3. The second-order valence-electron chi connectivity index (χ2n) is 4.89. The molecule has 15 heavy (non-hydrogen) atoms. The Kier molecular flexibility index (Phi) is 4.30. The minimum atomic E-state index is 0.175. The SMILES string of the molecule is CC(=O)CC1CCCN1C(=O)CC(C)C. The fourth-order valence-corrected chi connectivity index (χ4v) is 2.17. The molecule has 0 saturated carbocycles. The van der Waals surface area contributed by atoms with Crippen LogP contribution in [0.2, 0.25) is 0 Å². The van der Waals surface area contributed by atoms with Crippen LogP contribution in [0, 0.1) is 5.92 Å². The second-order valence-corrected chi connectivity index (χ2v) is 4.89. The van der Waals surface area contributed by atoms with Crippen LogP contribution >= 0.6 is 0 Å². The zero-order valence-corrected chi connectivity index (χ0v) is 9.95. The van der Waals surface area contributed by atoms with Gasteiger partial charge in [-0.2, -0.15) is 0 Å². The van der Waals surface area contributed by atoms with Crippen LogP contribution in [-0.2, 0) is 9.59 Å². The van der Waals surface area contributed by atoms with Crippen LogP contribution in [0.1, 0.15) is 46.5 Å². The van der Waals surface area contributed by atoms with Gasteiger partial charge in [0.1, 0.15) is 5.78 Å². The summed E-state index contributed by atoms with van der Waals surface area (Å²) in [5.41, 5.74) is 0. The van der Waals surface area contributed by atoms with E-state index in [9.17, 15) is 9.59 Å². The Morgan fingerprint density at radius 1 is 1.40 bits per heavy atom. The molecule has 0 aromatic heterocycles. The molecule has 1 rings (SSSR count). The van der Waals surface area contributed by atoms with Crippen molar-refractivity contribution in [3.63, 3.8) is 0 Å². The highest BCUT2D eigenvalue weighted by Crippen LogP contribution is 2.22. The molecule has 0 N–H and O–H groups in total. The van der Waals surface area contributed by atoms with Gasteiger partial charge in [0, 0.05) is 25.4 Å². The van der Waals surface area contributed by atoms with Gasteiger partial charge in [-0.1, -0.05) is 13.8 Å². The molecule has 1 atom stereocenters. The topological polar surface area (TPSA) is 37.4 Å². The lowest BCUT2D eigenvalue weighted by Crippen LogP contribution is -2.37. The maximum absolute atomic E-state index is 11.9. The van der Waals surface area contributed by atoms with Gasteiger partial charge in [0.2, 0.25) is 5.91 Å². The summed E-state index contributed by atoms with van der Waals surface area (Å²) in [7, 11) is 0. The third kappa shape index (κ3) is 3.65. The van der Waals surface area contributed by atoms with Crippen LogP contribution < -0.4 is 0 Å². The van der Waals surface area contributed by atoms with E-state index >= 15 is 0 Å². The van der Waals surface area contributed by atoms with E-state index in [-0.39, 0.29) is 17.7 Å². The molecule has 1 fully saturated rings. The molecule has 0 radical (unpaired) electrons. The van der Waals surface area contributed by atoms with Crippen molar-refractivity contribution in [1.29, 1.82) is 0 Å². The second kappa shape index (κ2) is 5.29. The number of carbonyl (C=O) groups excluding carboxylic acids is 2. The minimum Gasteiger partial charge on any atom is -0.339 e. The monoisotopic (exact) mass is 211 g/mol. The van der Waals surface area contributed by atoms with Crippen LogP contribution in [0.25, 0.3) is 0 Å². The minimum absolute atomic E-state index is 0.175. The van der Waals surface area contributed by atoms with Gasteiger partial charge in [-0.3, -0.25) is 9.59 Å². The largest absolute Gasteiger partial charge is 0.339 e. The number of likely N-dealkylation sites (tertiary alicyclic amines) is 1. The highest BCUT2D eigenvalue weighted by molar-refractivity contribution is 5.80. The average Bonchev–Trinajstić information content (AvgIpc) is 2.49. The zero-order chi connectivity index (χ0) is 11.4. The quantitative estimate of drug-likeness (QED) is 0.713. The van der Waals surface area contributed by atoms with Crippen molar-refractivity contribution in [2.45, 2.75) is 52.5 Å². The summed E-state index contributed by atoms with van der Waals surface area (Å²) in [6.45, 7) is 6.54. The Labute approximate surface area is 91.8 Å². The van der Waals surface area contributed by atoms with E-state index in [1.807, 2.05) is 18.7 Å². The smallest absolute Gasteiger partial charge is 0.223 e. The third-order valence-electron chi connectivity index (χ3n) is 2.80. The summed E-state index contributed by atoms with van der Waals surface area (Å²) in [5, 5.41) is 0. The normalized spacial score (nSPS) is 21.1. The first-order chi connectivity index (χ1) is 7.00. The van der Waals surface area contributed by atoms with Gasteiger partial charge in [-0.15, -0.1) is 0 Å². The summed E-state index contributed by atoms with van der Waals surface area (Å²) < 4.78 is 0. The van der Waals surface area contributed by atoms with E-state index in [4.69, 9.17) is 0 Å². The van der Waals surface area contributed by atoms with Gasteiger partial charge in [0.05, 0.1) is 0 Å². The predicted octanol–water partition coefficient (Wildman–Crippen LogP) is 2.00. The number of carbonyl (C=O) groups is 2. The molecule has 1 aliphatic heterocycles. The lowest BCUT2D eigenvalue weighted by Gasteiger charge is -2.24. The highest BCUT2D eigenvalue weighted by Gasteiger charge is 2.29. The molecule has 0 aliphatic carbocycles. The number of Topliss-reactive ketones (excluding diaryl/α,β-unsaturated/α-hetero) is 1. The summed E-state index contributed by atoms with van der Waals surface area (Å²) in [5.74, 6) is 0.800. The Hall–Kier alpha value is -0.860.